The van der Waals surface area contributed by atoms with Gasteiger partial charge in [-0.15, -0.1) is 11.3 Å². The van der Waals surface area contributed by atoms with Crippen LogP contribution in [0.25, 0.3) is 0 Å². The lowest BCUT2D eigenvalue weighted by Crippen LogP contribution is -2.45. The number of aryl methyl sites for hydroxylation is 2. The number of hydrogen-bond acceptors (Lipinski definition) is 4. The molecule has 1 amide bonds. The zero-order chi connectivity index (χ0) is 15.4. The highest BCUT2D eigenvalue weighted by Crippen LogP contribution is 2.21. The van der Waals surface area contributed by atoms with Gasteiger partial charge >= 0.3 is 0 Å². The molecule has 2 heterocycles. The molecule has 1 saturated heterocycles. The van der Waals surface area contributed by atoms with Crippen molar-refractivity contribution in [2.75, 3.05) is 13.1 Å². The van der Waals surface area contributed by atoms with Crippen LogP contribution >= 0.6 is 11.3 Å². The van der Waals surface area contributed by atoms with Crippen LogP contribution in [0.1, 0.15) is 49.2 Å². The Balaban J connectivity index is 1.89. The van der Waals surface area contributed by atoms with Crippen molar-refractivity contribution in [3.63, 3.8) is 0 Å². The zero-order valence-electron chi connectivity index (χ0n) is 13.6. The van der Waals surface area contributed by atoms with Gasteiger partial charge in [0.15, 0.2) is 0 Å². The number of likely N-dealkylation sites (tertiary alicyclic amines) is 1. The number of nitrogens with one attached hydrogen (secondary N) is 1. The van der Waals surface area contributed by atoms with Crippen LogP contribution < -0.4 is 5.32 Å². The van der Waals surface area contributed by atoms with Crippen molar-refractivity contribution in [2.45, 2.75) is 59.5 Å². The lowest BCUT2D eigenvalue weighted by atomic mass is 9.96. The van der Waals surface area contributed by atoms with Crippen LogP contribution in [0.3, 0.4) is 0 Å². The maximum atomic E-state index is 12.4. The molecule has 1 fully saturated rings. The van der Waals surface area contributed by atoms with Gasteiger partial charge in [0.25, 0.3) is 0 Å². The molecule has 21 heavy (non-hydrogen) atoms. The predicted octanol–water partition coefficient (Wildman–Crippen LogP) is 2.75. The molecule has 0 radical (unpaired) electrons. The molecule has 1 N–H and O–H groups in total. The molecule has 0 aromatic carbocycles. The summed E-state index contributed by atoms with van der Waals surface area (Å²) in [6.07, 6.45) is 3.06. The summed E-state index contributed by atoms with van der Waals surface area (Å²) in [7, 11) is 0. The summed E-state index contributed by atoms with van der Waals surface area (Å²) < 4.78 is 0. The van der Waals surface area contributed by atoms with E-state index in [1.165, 1.54) is 4.88 Å². The molecule has 1 aliphatic heterocycles. The maximum absolute atomic E-state index is 12.4. The fourth-order valence-corrected chi connectivity index (χ4v) is 3.89. The Kier molecular flexibility index (Phi) is 5.76. The van der Waals surface area contributed by atoms with Crippen molar-refractivity contribution in [3.05, 3.63) is 15.6 Å². The molecule has 1 atom stereocenters. The molecule has 2 rings (SSSR count). The summed E-state index contributed by atoms with van der Waals surface area (Å²) in [4.78, 5) is 20.5. The molecule has 1 aromatic rings. The number of amides is 1. The van der Waals surface area contributed by atoms with Crippen LogP contribution in [0.4, 0.5) is 0 Å². The molecule has 0 spiro atoms. The van der Waals surface area contributed by atoms with Crippen LogP contribution in [-0.4, -0.2) is 34.9 Å². The van der Waals surface area contributed by atoms with E-state index in [4.69, 9.17) is 0 Å². The van der Waals surface area contributed by atoms with Crippen LogP contribution in [0.15, 0.2) is 0 Å². The Labute approximate surface area is 132 Å². The second kappa shape index (κ2) is 7.36. The van der Waals surface area contributed by atoms with Gasteiger partial charge in [-0.1, -0.05) is 6.92 Å². The summed E-state index contributed by atoms with van der Waals surface area (Å²) in [5.74, 6) is 0.341. The summed E-state index contributed by atoms with van der Waals surface area (Å²) in [5, 5.41) is 4.20. The SMILES string of the molecule is CCc1nc(C)sc1CNC(=O)[C@@H]1CCCN(C(C)C)C1. The van der Waals surface area contributed by atoms with Crippen LogP contribution in [0.2, 0.25) is 0 Å². The molecule has 0 unspecified atom stereocenters. The summed E-state index contributed by atoms with van der Waals surface area (Å²) in [6, 6.07) is 0.524. The topological polar surface area (TPSA) is 45.2 Å². The second-order valence-electron chi connectivity index (χ2n) is 6.10. The van der Waals surface area contributed by atoms with E-state index < -0.39 is 0 Å². The van der Waals surface area contributed by atoms with Gasteiger partial charge in [0, 0.05) is 17.5 Å². The number of rotatable bonds is 5. The molecule has 1 aromatic heterocycles. The van der Waals surface area contributed by atoms with Gasteiger partial charge in [0.1, 0.15) is 0 Å². The highest BCUT2D eigenvalue weighted by atomic mass is 32.1. The van der Waals surface area contributed by atoms with Gasteiger partial charge in [-0.2, -0.15) is 0 Å². The van der Waals surface area contributed by atoms with Crippen molar-refractivity contribution in [2.24, 2.45) is 5.92 Å². The first-order valence-corrected chi connectivity index (χ1v) is 8.79. The van der Waals surface area contributed by atoms with Crippen molar-refractivity contribution in [1.82, 2.24) is 15.2 Å². The van der Waals surface area contributed by atoms with Gasteiger partial charge in [-0.05, 0) is 46.6 Å². The number of aromatic nitrogens is 1. The highest BCUT2D eigenvalue weighted by Gasteiger charge is 2.26. The molecule has 0 aliphatic carbocycles. The largest absolute Gasteiger partial charge is 0.351 e. The Hall–Kier alpha value is -0.940. The van der Waals surface area contributed by atoms with E-state index in [1.807, 2.05) is 6.92 Å². The minimum Gasteiger partial charge on any atom is -0.351 e. The lowest BCUT2D eigenvalue weighted by molar-refractivity contribution is -0.127. The van der Waals surface area contributed by atoms with Crippen molar-refractivity contribution in [3.8, 4) is 0 Å². The van der Waals surface area contributed by atoms with E-state index in [1.54, 1.807) is 11.3 Å². The average molecular weight is 309 g/mol. The third-order valence-corrected chi connectivity index (χ3v) is 5.21. The molecule has 0 bridgehead atoms. The third-order valence-electron chi connectivity index (χ3n) is 4.20. The number of thiazole rings is 1. The third kappa shape index (κ3) is 4.27. The highest BCUT2D eigenvalue weighted by molar-refractivity contribution is 7.11. The summed E-state index contributed by atoms with van der Waals surface area (Å²) in [5.41, 5.74) is 1.13. The van der Waals surface area contributed by atoms with Crippen molar-refractivity contribution < 1.29 is 4.79 Å². The van der Waals surface area contributed by atoms with E-state index in [0.29, 0.717) is 12.6 Å². The summed E-state index contributed by atoms with van der Waals surface area (Å²) >= 11 is 1.70. The Morgan fingerprint density at radius 2 is 2.29 bits per heavy atom. The molecule has 1 aliphatic rings. The Morgan fingerprint density at radius 3 is 2.95 bits per heavy atom. The number of carbonyl (C=O) groups is 1. The van der Waals surface area contributed by atoms with Gasteiger partial charge < -0.3 is 10.2 Å². The fourth-order valence-electron chi connectivity index (χ4n) is 2.93. The summed E-state index contributed by atoms with van der Waals surface area (Å²) in [6.45, 7) is 11.2. The van der Waals surface area contributed by atoms with Crippen molar-refractivity contribution >= 4 is 17.2 Å². The standard InChI is InChI=1S/C16H27N3OS/c1-5-14-15(21-12(4)18-14)9-17-16(20)13-7-6-8-19(10-13)11(2)3/h11,13H,5-10H2,1-4H3,(H,17,20)/t13-/m1/s1. The number of hydrogen-bond donors (Lipinski definition) is 1. The quantitative estimate of drug-likeness (QED) is 0.909. The monoisotopic (exact) mass is 309 g/mol. The average Bonchev–Trinajstić information content (AvgIpc) is 2.85. The first kappa shape index (κ1) is 16.4. The molecular weight excluding hydrogens is 282 g/mol. The molecule has 0 saturated carbocycles. The minimum absolute atomic E-state index is 0.139. The number of carbonyl (C=O) groups excluding carboxylic acids is 1. The van der Waals surface area contributed by atoms with Gasteiger partial charge in [0.2, 0.25) is 5.91 Å². The Bertz CT molecular complexity index is 484. The van der Waals surface area contributed by atoms with E-state index in [9.17, 15) is 4.79 Å². The maximum Gasteiger partial charge on any atom is 0.224 e. The van der Waals surface area contributed by atoms with Crippen molar-refractivity contribution in [1.29, 1.82) is 0 Å². The number of nitrogens with zero attached hydrogens (tertiary/aromatic N) is 2. The normalized spacial score (nSPS) is 20.0. The van der Waals surface area contributed by atoms with Crippen LogP contribution in [0, 0.1) is 12.8 Å². The van der Waals surface area contributed by atoms with Gasteiger partial charge in [-0.25, -0.2) is 4.98 Å². The minimum atomic E-state index is 0.139. The molecule has 5 heteroatoms. The van der Waals surface area contributed by atoms with Gasteiger partial charge in [-0.3, -0.25) is 4.79 Å². The van der Waals surface area contributed by atoms with E-state index in [2.05, 4.69) is 36.0 Å². The van der Waals surface area contributed by atoms with Crippen LogP contribution in [0.5, 0.6) is 0 Å². The zero-order valence-corrected chi connectivity index (χ0v) is 14.4. The fraction of sp³-hybridized carbons (Fsp3) is 0.750. The molecule has 4 nitrogen and oxygen atoms in total. The smallest absolute Gasteiger partial charge is 0.224 e. The van der Waals surface area contributed by atoms with E-state index in [-0.39, 0.29) is 11.8 Å². The first-order valence-electron chi connectivity index (χ1n) is 7.98. The predicted molar refractivity (Wildman–Crippen MR) is 87.5 cm³/mol. The molecule has 118 valence electrons. The van der Waals surface area contributed by atoms with Crippen LogP contribution in [-0.2, 0) is 17.8 Å². The lowest BCUT2D eigenvalue weighted by Gasteiger charge is -2.34. The first-order chi connectivity index (χ1) is 10.0. The second-order valence-corrected chi connectivity index (χ2v) is 7.39. The number of piperidine rings is 1. The van der Waals surface area contributed by atoms with Gasteiger partial charge in [0.05, 0.1) is 23.2 Å². The van der Waals surface area contributed by atoms with E-state index in [0.717, 1.165) is 43.1 Å². The Morgan fingerprint density at radius 1 is 1.52 bits per heavy atom. The van der Waals surface area contributed by atoms with E-state index >= 15 is 0 Å². The molecular formula is C16H27N3OS.